The van der Waals surface area contributed by atoms with Crippen LogP contribution in [0.3, 0.4) is 0 Å². The normalized spacial score (nSPS) is 17.3. The van der Waals surface area contributed by atoms with E-state index in [1.165, 1.54) is 5.56 Å². The molecule has 0 aliphatic carbocycles. The van der Waals surface area contributed by atoms with Crippen molar-refractivity contribution in [1.29, 1.82) is 0 Å². The minimum Gasteiger partial charge on any atom is -0.388 e. The van der Waals surface area contributed by atoms with E-state index >= 15 is 0 Å². The van der Waals surface area contributed by atoms with E-state index in [4.69, 9.17) is 4.74 Å². The lowest BCUT2D eigenvalue weighted by Gasteiger charge is -2.31. The van der Waals surface area contributed by atoms with Crippen LogP contribution in [0.25, 0.3) is 5.00 Å². The first-order valence-corrected chi connectivity index (χ1v) is 15.5. The zero-order valence-corrected chi connectivity index (χ0v) is 25.8. The molecule has 7 nitrogen and oxygen atoms in total. The molecule has 214 valence electrons. The summed E-state index contributed by atoms with van der Waals surface area (Å²) < 4.78 is 12.8. The zero-order chi connectivity index (χ0) is 28.7. The van der Waals surface area contributed by atoms with Crippen molar-refractivity contribution in [2.24, 2.45) is 0 Å². The molecule has 1 N–H and O–H groups in total. The van der Waals surface area contributed by atoms with Gasteiger partial charge >= 0.3 is 0 Å². The average Bonchev–Trinajstić information content (AvgIpc) is 3.53. The first kappa shape index (κ1) is 30.2. The number of carbonyl (C=O) groups excluding carboxylic acids is 1. The number of nitrogens with zero attached hydrogens (tertiary/aromatic N) is 3. The monoisotopic (exact) mass is 580 g/mol. The van der Waals surface area contributed by atoms with E-state index in [0.29, 0.717) is 13.2 Å². The molecule has 0 spiro atoms. The highest BCUT2D eigenvalue weighted by atomic mass is 32.2. The van der Waals surface area contributed by atoms with Gasteiger partial charge in [-0.15, -0.1) is 28.1 Å². The Morgan fingerprint density at radius 3 is 2.77 bits per heavy atom. The molecule has 4 heterocycles. The third kappa shape index (κ3) is 6.94. The minimum absolute atomic E-state index is 0.188. The van der Waals surface area contributed by atoms with E-state index in [2.05, 4.69) is 70.4 Å². The van der Waals surface area contributed by atoms with Crippen LogP contribution in [0.1, 0.15) is 72.2 Å². The van der Waals surface area contributed by atoms with E-state index < -0.39 is 0 Å². The Labute approximate surface area is 246 Å². The third-order valence-electron chi connectivity index (χ3n) is 7.02. The first-order valence-electron chi connectivity index (χ1n) is 13.7. The molecule has 40 heavy (non-hydrogen) atoms. The number of nitrogens with one attached hydrogen (secondary N) is 1. The predicted molar refractivity (Wildman–Crippen MR) is 164 cm³/mol. The molecule has 0 fully saturated rings. The zero-order valence-electron chi connectivity index (χ0n) is 24.2. The molecule has 0 radical (unpaired) electrons. The number of aromatic nitrogens is 3. The smallest absolute Gasteiger partial charge is 0.196 e. The highest BCUT2D eigenvalue weighted by Gasteiger charge is 2.42. The second-order valence-electron chi connectivity index (χ2n) is 10.5. The first-order chi connectivity index (χ1) is 19.3. The number of thioether (sulfide) groups is 1. The van der Waals surface area contributed by atoms with Gasteiger partial charge in [-0.05, 0) is 51.7 Å². The fraction of sp³-hybridized carbons (Fsp3) is 0.452. The van der Waals surface area contributed by atoms with E-state index in [-0.39, 0.29) is 17.3 Å². The largest absolute Gasteiger partial charge is 0.388 e. The van der Waals surface area contributed by atoms with Gasteiger partial charge in [0.2, 0.25) is 0 Å². The number of rotatable bonds is 10. The molecule has 3 aromatic rings. The molecule has 5 rings (SSSR count). The van der Waals surface area contributed by atoms with Gasteiger partial charge in [0.05, 0.1) is 30.3 Å². The molecule has 2 aliphatic rings. The van der Waals surface area contributed by atoms with Crippen LogP contribution in [0.4, 0.5) is 0 Å². The number of allylic oxidation sites excluding steroid dienone is 2. The van der Waals surface area contributed by atoms with E-state index in [0.717, 1.165) is 69.2 Å². The summed E-state index contributed by atoms with van der Waals surface area (Å²) >= 11 is 3.35. The minimum atomic E-state index is -0.294. The van der Waals surface area contributed by atoms with E-state index in [1.807, 2.05) is 25.1 Å². The highest BCUT2D eigenvalue weighted by molar-refractivity contribution is 7.99. The summed E-state index contributed by atoms with van der Waals surface area (Å²) in [4.78, 5) is 15.1. The number of hydrogen-bond acceptors (Lipinski definition) is 8. The Balaban J connectivity index is 0.000000681. The van der Waals surface area contributed by atoms with Gasteiger partial charge in [-0.1, -0.05) is 54.2 Å². The Morgan fingerprint density at radius 2 is 2.10 bits per heavy atom. The second kappa shape index (κ2) is 13.8. The van der Waals surface area contributed by atoms with Crippen molar-refractivity contribution in [3.05, 3.63) is 82.2 Å². The number of Topliss-reactive ketones (excluding diaryl/α,β-unsaturated/α-hetero) is 1. The van der Waals surface area contributed by atoms with Gasteiger partial charge in [0.25, 0.3) is 0 Å². The Morgan fingerprint density at radius 1 is 1.32 bits per heavy atom. The van der Waals surface area contributed by atoms with Crippen molar-refractivity contribution in [2.45, 2.75) is 70.2 Å². The van der Waals surface area contributed by atoms with Crippen molar-refractivity contribution < 1.29 is 14.3 Å². The van der Waals surface area contributed by atoms with Crippen molar-refractivity contribution in [3.63, 3.8) is 0 Å². The van der Waals surface area contributed by atoms with Gasteiger partial charge in [0.15, 0.2) is 10.9 Å². The van der Waals surface area contributed by atoms with Crippen molar-refractivity contribution in [3.8, 4) is 5.00 Å². The summed E-state index contributed by atoms with van der Waals surface area (Å²) in [6.07, 6.45) is 6.07. The summed E-state index contributed by atoms with van der Waals surface area (Å²) in [5.41, 5.74) is 4.16. The van der Waals surface area contributed by atoms with Crippen LogP contribution in [-0.4, -0.2) is 52.2 Å². The number of ether oxygens (including phenoxy) is 2. The molecular formula is C31H40N4O3S2. The molecule has 2 aromatic heterocycles. The van der Waals surface area contributed by atoms with Crippen LogP contribution in [-0.2, 0) is 28.9 Å². The molecule has 1 unspecified atom stereocenters. The lowest BCUT2D eigenvalue weighted by molar-refractivity contribution is -0.0383. The van der Waals surface area contributed by atoms with Gasteiger partial charge in [-0.3, -0.25) is 9.36 Å². The molecule has 0 amide bonds. The lowest BCUT2D eigenvalue weighted by Crippen LogP contribution is -2.33. The fourth-order valence-electron chi connectivity index (χ4n) is 4.86. The number of ketones is 1. The van der Waals surface area contributed by atoms with Crippen LogP contribution >= 0.6 is 23.1 Å². The number of methoxy groups -OCH3 is 1. The summed E-state index contributed by atoms with van der Waals surface area (Å²) in [5, 5.41) is 14.4. The van der Waals surface area contributed by atoms with Crippen LogP contribution in [0.2, 0.25) is 0 Å². The van der Waals surface area contributed by atoms with Crippen LogP contribution in [0.5, 0.6) is 0 Å². The number of thiophene rings is 1. The standard InChI is InChI=1S/C27H32N4O2S2.C4H8O/c1-5-17(2)28-13-14-34-26-30-29-24-19(12-11-18-9-7-6-8-10-18)23(32)22-20-15-27(3,4)33-16-21(20)35-25(22)31(24)26;1-3-4-5-2/h5-10,19,28H,11-16H2,1-4H3;3H,1,4H2,2H3/b17-5+;. The van der Waals surface area contributed by atoms with Crippen LogP contribution in [0, 0.1) is 0 Å². The number of carbonyl (C=O) groups is 1. The van der Waals surface area contributed by atoms with Gasteiger partial charge in [0, 0.05) is 36.4 Å². The Hall–Kier alpha value is -2.72. The average molecular weight is 581 g/mol. The SMILES string of the molecule is C/C=C(\C)NCCSc1nnc2n1-c1sc3c(c1C(=O)C2CCc1ccccc1)CC(C)(C)OC3.C=CCOC. The maximum absolute atomic E-state index is 14.0. The number of aryl methyl sites for hydroxylation is 1. The molecule has 0 bridgehead atoms. The highest BCUT2D eigenvalue weighted by Crippen LogP contribution is 2.46. The summed E-state index contributed by atoms with van der Waals surface area (Å²) in [6, 6.07) is 10.4. The Bertz CT molecular complexity index is 1340. The second-order valence-corrected chi connectivity index (χ2v) is 12.7. The topological polar surface area (TPSA) is 78.3 Å². The molecule has 2 aliphatic heterocycles. The molecule has 9 heteroatoms. The van der Waals surface area contributed by atoms with Crippen molar-refractivity contribution in [1.82, 2.24) is 20.1 Å². The van der Waals surface area contributed by atoms with Gasteiger partial charge in [-0.2, -0.15) is 0 Å². The number of benzene rings is 1. The maximum atomic E-state index is 14.0. The van der Waals surface area contributed by atoms with Crippen molar-refractivity contribution >= 4 is 28.9 Å². The van der Waals surface area contributed by atoms with Crippen LogP contribution < -0.4 is 5.32 Å². The number of hydrogen-bond donors (Lipinski definition) is 1. The van der Waals surface area contributed by atoms with E-state index in [9.17, 15) is 4.79 Å². The van der Waals surface area contributed by atoms with Crippen molar-refractivity contribution in [2.75, 3.05) is 26.0 Å². The third-order valence-corrected chi connectivity index (χ3v) is 9.15. The molecule has 0 saturated heterocycles. The number of fused-ring (bicyclic) bond motifs is 5. The van der Waals surface area contributed by atoms with Gasteiger partial charge < -0.3 is 14.8 Å². The summed E-state index contributed by atoms with van der Waals surface area (Å²) in [7, 11) is 1.64. The van der Waals surface area contributed by atoms with E-state index in [1.54, 1.807) is 36.3 Å². The predicted octanol–water partition coefficient (Wildman–Crippen LogP) is 6.52. The van der Waals surface area contributed by atoms with Crippen LogP contribution in [0.15, 0.2) is 59.9 Å². The molecular weight excluding hydrogens is 541 g/mol. The van der Waals surface area contributed by atoms with Gasteiger partial charge in [-0.25, -0.2) is 0 Å². The van der Waals surface area contributed by atoms with Gasteiger partial charge in [0.1, 0.15) is 10.8 Å². The molecule has 1 atom stereocenters. The lowest BCUT2D eigenvalue weighted by atomic mass is 9.84. The summed E-state index contributed by atoms with van der Waals surface area (Å²) in [5.74, 6) is 1.53. The Kier molecular flexibility index (Phi) is 10.4. The fourth-order valence-corrected chi connectivity index (χ4v) is 6.96. The molecule has 1 aromatic carbocycles. The maximum Gasteiger partial charge on any atom is 0.196 e. The molecule has 0 saturated carbocycles. The quantitative estimate of drug-likeness (QED) is 0.166. The summed E-state index contributed by atoms with van der Waals surface area (Å²) in [6.45, 7) is 13.8.